The van der Waals surface area contributed by atoms with E-state index in [1.165, 1.54) is 32.9 Å². The van der Waals surface area contributed by atoms with Crippen molar-refractivity contribution in [1.29, 1.82) is 0 Å². The van der Waals surface area contributed by atoms with Crippen LogP contribution in [-0.4, -0.2) is 42.0 Å². The summed E-state index contributed by atoms with van der Waals surface area (Å²) in [6.45, 7) is 0. The highest BCUT2D eigenvalue weighted by atomic mass is 16.5. The molecule has 4 aromatic rings. The second-order valence-corrected chi connectivity index (χ2v) is 7.75. The van der Waals surface area contributed by atoms with Crippen molar-refractivity contribution in [2.75, 3.05) is 19.1 Å². The Hall–Kier alpha value is -5.31. The van der Waals surface area contributed by atoms with Crippen LogP contribution in [0.5, 0.6) is 11.6 Å². The van der Waals surface area contributed by atoms with Gasteiger partial charge in [-0.25, -0.2) is 19.7 Å². The van der Waals surface area contributed by atoms with Gasteiger partial charge in [0.1, 0.15) is 23.5 Å². The van der Waals surface area contributed by atoms with Crippen molar-refractivity contribution in [2.24, 2.45) is 0 Å². The maximum Gasteiger partial charge on any atom is 0.341 e. The molecular formula is C29H23N3O6. The lowest BCUT2D eigenvalue weighted by Crippen LogP contribution is -2.37. The molecule has 0 bridgehead atoms. The van der Waals surface area contributed by atoms with Gasteiger partial charge in [0, 0.05) is 22.8 Å². The van der Waals surface area contributed by atoms with Gasteiger partial charge in [0.15, 0.2) is 0 Å². The summed E-state index contributed by atoms with van der Waals surface area (Å²) in [6, 6.07) is 24.9. The summed E-state index contributed by atoms with van der Waals surface area (Å²) in [5, 5.41) is 0. The Kier molecular flexibility index (Phi) is 8.20. The van der Waals surface area contributed by atoms with Gasteiger partial charge in [-0.2, -0.15) is 0 Å². The number of amides is 2. The van der Waals surface area contributed by atoms with E-state index in [2.05, 4.69) is 9.97 Å². The van der Waals surface area contributed by atoms with Gasteiger partial charge in [-0.3, -0.25) is 9.59 Å². The molecule has 1 heterocycles. The van der Waals surface area contributed by atoms with Gasteiger partial charge >= 0.3 is 5.97 Å². The van der Waals surface area contributed by atoms with Crippen LogP contribution in [0, 0.1) is 0 Å². The zero-order valence-corrected chi connectivity index (χ0v) is 20.6. The van der Waals surface area contributed by atoms with Crippen molar-refractivity contribution in [3.05, 3.63) is 120 Å². The fourth-order valence-corrected chi connectivity index (χ4v) is 3.57. The van der Waals surface area contributed by atoms with Crippen molar-refractivity contribution in [3.63, 3.8) is 0 Å². The monoisotopic (exact) mass is 509 g/mol. The molecule has 0 aliphatic carbocycles. The molecule has 1 aromatic heterocycles. The summed E-state index contributed by atoms with van der Waals surface area (Å²) in [7, 11) is 2.67. The van der Waals surface area contributed by atoms with Crippen molar-refractivity contribution in [2.45, 2.75) is 0 Å². The first-order valence-electron chi connectivity index (χ1n) is 11.4. The number of hydrogen-bond donors (Lipinski definition) is 0. The smallest absolute Gasteiger partial charge is 0.341 e. The molecule has 0 fully saturated rings. The quantitative estimate of drug-likeness (QED) is 0.143. The lowest BCUT2D eigenvalue weighted by atomic mass is 10.1. The molecule has 4 rings (SSSR count). The third-order valence-corrected chi connectivity index (χ3v) is 5.34. The number of aromatic nitrogens is 2. The van der Waals surface area contributed by atoms with Crippen LogP contribution in [0.1, 0.15) is 26.3 Å². The number of esters is 1. The molecule has 2 amide bonds. The molecule has 38 heavy (non-hydrogen) atoms. The van der Waals surface area contributed by atoms with Crippen molar-refractivity contribution in [1.82, 2.24) is 9.97 Å². The average Bonchev–Trinajstić information content (AvgIpc) is 2.97. The molecular weight excluding hydrogens is 486 g/mol. The number of anilines is 1. The van der Waals surface area contributed by atoms with Crippen LogP contribution in [0.2, 0.25) is 0 Å². The number of ether oxygens (including phenoxy) is 3. The van der Waals surface area contributed by atoms with E-state index in [1.807, 2.05) is 0 Å². The van der Waals surface area contributed by atoms with E-state index in [4.69, 9.17) is 14.2 Å². The highest BCUT2D eigenvalue weighted by Gasteiger charge is 2.28. The summed E-state index contributed by atoms with van der Waals surface area (Å²) in [6.07, 6.45) is 2.43. The molecule has 0 radical (unpaired) electrons. The van der Waals surface area contributed by atoms with Crippen molar-refractivity contribution < 1.29 is 28.6 Å². The fourth-order valence-electron chi connectivity index (χ4n) is 3.57. The number of imide groups is 1. The summed E-state index contributed by atoms with van der Waals surface area (Å²) in [4.78, 5) is 48.6. The number of para-hydroxylation sites is 1. The molecule has 9 nitrogen and oxygen atoms in total. The topological polar surface area (TPSA) is 108 Å². The van der Waals surface area contributed by atoms with Gasteiger partial charge in [0.25, 0.3) is 11.8 Å². The van der Waals surface area contributed by atoms with Crippen molar-refractivity contribution >= 4 is 29.2 Å². The normalized spacial score (nSPS) is 10.8. The minimum Gasteiger partial charge on any atom is -0.503 e. The number of rotatable bonds is 8. The van der Waals surface area contributed by atoms with Crippen LogP contribution >= 0.6 is 0 Å². The third-order valence-electron chi connectivity index (χ3n) is 5.34. The molecule has 0 aliphatic rings. The Morgan fingerprint density at radius 2 is 1.34 bits per heavy atom. The van der Waals surface area contributed by atoms with Gasteiger partial charge < -0.3 is 14.2 Å². The van der Waals surface area contributed by atoms with Crippen LogP contribution in [0.4, 0.5) is 5.82 Å². The molecule has 0 atom stereocenters. The predicted octanol–water partition coefficient (Wildman–Crippen LogP) is 4.92. The van der Waals surface area contributed by atoms with Crippen molar-refractivity contribution in [3.8, 4) is 11.6 Å². The minimum atomic E-state index is -0.626. The van der Waals surface area contributed by atoms with Gasteiger partial charge in [0.2, 0.25) is 5.88 Å². The largest absolute Gasteiger partial charge is 0.503 e. The summed E-state index contributed by atoms with van der Waals surface area (Å²) in [5.74, 6) is -1.45. The van der Waals surface area contributed by atoms with Crippen LogP contribution in [0.25, 0.3) is 5.57 Å². The van der Waals surface area contributed by atoms with E-state index in [1.54, 1.807) is 84.9 Å². The first kappa shape index (κ1) is 25.8. The number of methoxy groups -OCH3 is 2. The number of nitrogens with zero attached hydrogens (tertiary/aromatic N) is 3. The first-order valence-corrected chi connectivity index (χ1v) is 11.4. The lowest BCUT2D eigenvalue weighted by Gasteiger charge is -2.20. The number of carbonyl (C=O) groups excluding carboxylic acids is 3. The maximum atomic E-state index is 13.5. The van der Waals surface area contributed by atoms with E-state index in [0.29, 0.717) is 16.7 Å². The molecule has 0 spiro atoms. The first-order chi connectivity index (χ1) is 18.5. The number of carbonyl (C=O) groups is 3. The Bertz CT molecular complexity index is 1420. The standard InChI is InChI=1S/C29H23N3O6/c1-36-18-23(29(35)37-2)22-15-9-10-16-24(22)38-26-17-25(30-19-31-26)32(27(33)20-11-5-3-6-12-20)28(34)21-13-7-4-8-14-21/h3-19H,1-2H3/b23-18+. The van der Waals surface area contributed by atoms with Gasteiger partial charge in [-0.15, -0.1) is 0 Å². The van der Waals surface area contributed by atoms with E-state index in [0.717, 1.165) is 4.90 Å². The number of hydrogen-bond acceptors (Lipinski definition) is 8. The van der Waals surface area contributed by atoms with E-state index in [9.17, 15) is 14.4 Å². The summed E-state index contributed by atoms with van der Waals surface area (Å²) >= 11 is 0. The molecule has 0 aliphatic heterocycles. The molecule has 3 aromatic carbocycles. The predicted molar refractivity (Wildman–Crippen MR) is 140 cm³/mol. The average molecular weight is 510 g/mol. The third kappa shape index (κ3) is 5.73. The minimum absolute atomic E-state index is 0.0100. The van der Waals surface area contributed by atoms with Gasteiger partial charge in [-0.1, -0.05) is 54.6 Å². The summed E-state index contributed by atoms with van der Waals surface area (Å²) < 4.78 is 15.9. The molecule has 0 N–H and O–H groups in total. The Labute approximate surface area is 218 Å². The highest BCUT2D eigenvalue weighted by Crippen LogP contribution is 2.31. The fraction of sp³-hybridized carbons (Fsp3) is 0.0690. The van der Waals surface area contributed by atoms with Crippen LogP contribution in [0.3, 0.4) is 0 Å². The van der Waals surface area contributed by atoms with Crippen LogP contribution < -0.4 is 9.64 Å². The molecule has 190 valence electrons. The summed E-state index contributed by atoms with van der Waals surface area (Å²) in [5.41, 5.74) is 1.12. The second kappa shape index (κ2) is 12.1. The van der Waals surface area contributed by atoms with Gasteiger partial charge in [0.05, 0.1) is 20.5 Å². The van der Waals surface area contributed by atoms with Crippen LogP contribution in [0.15, 0.2) is 104 Å². The Morgan fingerprint density at radius 3 is 1.92 bits per heavy atom. The highest BCUT2D eigenvalue weighted by molar-refractivity contribution is 6.25. The molecule has 0 saturated heterocycles. The van der Waals surface area contributed by atoms with E-state index < -0.39 is 17.8 Å². The number of benzene rings is 3. The molecule has 0 saturated carbocycles. The second-order valence-electron chi connectivity index (χ2n) is 7.75. The zero-order valence-electron chi connectivity index (χ0n) is 20.6. The molecule has 9 heteroatoms. The van der Waals surface area contributed by atoms with E-state index in [-0.39, 0.29) is 23.0 Å². The molecule has 0 unspecified atom stereocenters. The van der Waals surface area contributed by atoms with E-state index >= 15 is 0 Å². The SMILES string of the molecule is CO/C=C(/C(=O)OC)c1ccccc1Oc1cc(N(C(=O)c2ccccc2)C(=O)c2ccccc2)ncn1. The van der Waals surface area contributed by atoms with Crippen LogP contribution in [-0.2, 0) is 14.3 Å². The Balaban J connectivity index is 1.74. The van der Waals surface area contributed by atoms with Gasteiger partial charge in [-0.05, 0) is 30.3 Å². The maximum absolute atomic E-state index is 13.5. The lowest BCUT2D eigenvalue weighted by molar-refractivity contribution is -0.133. The Morgan fingerprint density at radius 1 is 0.763 bits per heavy atom. The zero-order chi connectivity index (χ0) is 26.9.